The number of hydrogen-bond acceptors (Lipinski definition) is 15. The summed E-state index contributed by atoms with van der Waals surface area (Å²) in [7, 11) is 0. The zero-order chi connectivity index (χ0) is 36.4. The fraction of sp³-hybridized carbons (Fsp3) is 0.182. The first-order valence-electron chi connectivity index (χ1n) is 15.2. The van der Waals surface area contributed by atoms with Gasteiger partial charge >= 0.3 is 6.09 Å². The number of amides is 3. The fourth-order valence-electron chi connectivity index (χ4n) is 4.07. The van der Waals surface area contributed by atoms with Crippen molar-refractivity contribution in [2.24, 2.45) is 0 Å². The third-order valence-electron chi connectivity index (χ3n) is 6.10. The van der Waals surface area contributed by atoms with Crippen LogP contribution in [0.5, 0.6) is 0 Å². The van der Waals surface area contributed by atoms with E-state index in [1.54, 1.807) is 57.6 Å². The number of aromatic nitrogens is 8. The van der Waals surface area contributed by atoms with Crippen molar-refractivity contribution in [3.05, 3.63) is 107 Å². The molecule has 0 bridgehead atoms. The predicted octanol–water partition coefficient (Wildman–Crippen LogP) is 7.44. The summed E-state index contributed by atoms with van der Waals surface area (Å²) < 4.78 is 5.51. The van der Waals surface area contributed by atoms with E-state index in [2.05, 4.69) is 55.8 Å². The minimum absolute atomic E-state index is 0. The number of carbonyl (C=O) groups is 3. The summed E-state index contributed by atoms with van der Waals surface area (Å²) in [5.74, 6) is -0.518. The van der Waals surface area contributed by atoms with E-state index in [4.69, 9.17) is 4.74 Å². The van der Waals surface area contributed by atoms with Crippen molar-refractivity contribution in [3.63, 3.8) is 0 Å². The van der Waals surface area contributed by atoms with Gasteiger partial charge in [0.2, 0.25) is 0 Å². The molecule has 6 rings (SSSR count). The van der Waals surface area contributed by atoms with Crippen LogP contribution in [-0.2, 0) is 4.74 Å². The molecule has 0 aliphatic rings. The number of hydrogen-bond donors (Lipinski definition) is 3. The van der Waals surface area contributed by atoms with Gasteiger partial charge in [-0.1, -0.05) is 0 Å². The molecular weight excluding hydrogens is 763 g/mol. The van der Waals surface area contributed by atoms with Crippen LogP contribution in [0, 0.1) is 13.8 Å². The maximum atomic E-state index is 13.0. The molecule has 20 heteroatoms. The van der Waals surface area contributed by atoms with Crippen molar-refractivity contribution in [2.75, 3.05) is 20.9 Å². The molecule has 0 aliphatic carbocycles. The highest BCUT2D eigenvalue weighted by atomic mass is 35.5. The lowest BCUT2D eigenvalue weighted by Crippen LogP contribution is -2.35. The Morgan fingerprint density at radius 2 is 1.26 bits per heavy atom. The van der Waals surface area contributed by atoms with Gasteiger partial charge in [0.05, 0.1) is 35.2 Å². The van der Waals surface area contributed by atoms with Crippen LogP contribution in [-0.4, -0.2) is 63.4 Å². The van der Waals surface area contributed by atoms with Crippen LogP contribution < -0.4 is 20.9 Å². The van der Waals surface area contributed by atoms with Gasteiger partial charge in [0.15, 0.2) is 33.3 Å². The van der Waals surface area contributed by atoms with Gasteiger partial charge in [0.1, 0.15) is 5.60 Å². The molecule has 0 saturated heterocycles. The molecule has 0 aliphatic heterocycles. The number of nitrogens with zero attached hydrogens (tertiary/aromatic N) is 9. The van der Waals surface area contributed by atoms with E-state index in [1.165, 1.54) is 58.6 Å². The Kier molecular flexibility index (Phi) is 15.1. The molecule has 0 unspecified atom stereocenters. The number of ether oxygens (including phenoxy) is 1. The monoisotopic (exact) mass is 796 g/mol. The van der Waals surface area contributed by atoms with Crippen LogP contribution in [0.25, 0.3) is 0 Å². The maximum Gasteiger partial charge on any atom is 0.420 e. The number of halogens is 2. The molecule has 53 heavy (non-hydrogen) atoms. The molecule has 6 heterocycles. The van der Waals surface area contributed by atoms with E-state index < -0.39 is 17.6 Å². The summed E-state index contributed by atoms with van der Waals surface area (Å²) in [5, 5.41) is 13.1. The summed E-state index contributed by atoms with van der Waals surface area (Å²) in [6, 6.07) is 6.95. The molecule has 276 valence electrons. The zero-order valence-electron chi connectivity index (χ0n) is 28.9. The molecule has 0 radical (unpaired) electrons. The van der Waals surface area contributed by atoms with Gasteiger partial charge in [-0.05, 0) is 58.9 Å². The molecule has 0 atom stereocenters. The lowest BCUT2D eigenvalue weighted by Gasteiger charge is -2.27. The smallest absolute Gasteiger partial charge is 0.420 e. The third-order valence-corrected chi connectivity index (χ3v) is 7.85. The van der Waals surface area contributed by atoms with E-state index in [1.807, 2.05) is 30.7 Å². The van der Waals surface area contributed by atoms with Crippen molar-refractivity contribution >= 4 is 98.7 Å². The lowest BCUT2D eigenvalue weighted by atomic mass is 10.2. The van der Waals surface area contributed by atoms with Crippen molar-refractivity contribution in [3.8, 4) is 0 Å². The fourth-order valence-corrected chi connectivity index (χ4v) is 5.43. The van der Waals surface area contributed by atoms with E-state index >= 15 is 0 Å². The minimum atomic E-state index is -0.749. The van der Waals surface area contributed by atoms with Crippen LogP contribution in [0.4, 0.5) is 38.1 Å². The van der Waals surface area contributed by atoms with Crippen LogP contribution >= 0.6 is 47.5 Å². The normalized spacial score (nSPS) is 10.3. The highest BCUT2D eigenvalue weighted by Crippen LogP contribution is 2.28. The Bertz CT molecular complexity index is 2120. The Morgan fingerprint density at radius 1 is 0.717 bits per heavy atom. The topological polar surface area (TPSA) is 203 Å². The molecule has 0 aromatic carbocycles. The molecule has 6 aromatic rings. The first-order valence-corrected chi connectivity index (χ1v) is 16.9. The summed E-state index contributed by atoms with van der Waals surface area (Å²) in [5.41, 5.74) is 2.15. The number of carbonyl (C=O) groups excluding carboxylic acids is 3. The molecule has 3 amide bonds. The van der Waals surface area contributed by atoms with E-state index in [0.717, 1.165) is 17.1 Å². The second kappa shape index (κ2) is 19.2. The molecule has 0 fully saturated rings. The summed E-state index contributed by atoms with van der Waals surface area (Å²) in [6.07, 6.45) is 11.4. The molecule has 6 aromatic heterocycles. The van der Waals surface area contributed by atoms with Crippen molar-refractivity contribution in [1.82, 2.24) is 39.9 Å². The first-order chi connectivity index (χ1) is 24.5. The quantitative estimate of drug-likeness (QED) is 0.137. The SMILES string of the molecule is Cc1csc(NC(=O)c2nccnc2N(C(=O)OC(C)(C)C)c2cccnc2)n1.Cc1csc(NC(=O)c2nccnc2Nc2cccnc2)n1.Cl.Cl. The van der Waals surface area contributed by atoms with Crippen LogP contribution in [0.1, 0.15) is 53.1 Å². The van der Waals surface area contributed by atoms with Crippen LogP contribution in [0.15, 0.2) is 84.6 Å². The lowest BCUT2D eigenvalue weighted by molar-refractivity contribution is 0.0597. The van der Waals surface area contributed by atoms with Crippen LogP contribution in [0.2, 0.25) is 0 Å². The average molecular weight is 798 g/mol. The standard InChI is InChI=1S/C19H20N6O3S.C14H12N6OS.2ClH/c1-12-11-29-17(23-12)24-16(26)14-15(22-9-8-21-14)25(13-6-5-7-20-10-13)18(27)28-19(2,3)4;1-9-8-22-14(18-9)20-13(21)11-12(17-6-5-16-11)19-10-3-2-4-15-7-10;;/h5-11H,1-4H3,(H,23,24,26);2-8H,1H3,(H,17,19)(H,18,20,21);2*1H. The molecular formula is C33H34Cl2N12O4S2. The van der Waals surface area contributed by atoms with Gasteiger partial charge < -0.3 is 10.1 Å². The second-order valence-corrected chi connectivity index (χ2v) is 13.1. The molecule has 16 nitrogen and oxygen atoms in total. The number of rotatable bonds is 8. The van der Waals surface area contributed by atoms with Crippen molar-refractivity contribution < 1.29 is 19.1 Å². The number of thiazole rings is 2. The average Bonchev–Trinajstić information content (AvgIpc) is 3.72. The maximum absolute atomic E-state index is 13.0. The highest BCUT2D eigenvalue weighted by molar-refractivity contribution is 7.14. The Balaban J connectivity index is 0.000000284. The van der Waals surface area contributed by atoms with E-state index in [0.29, 0.717) is 21.8 Å². The summed E-state index contributed by atoms with van der Waals surface area (Å²) in [6.45, 7) is 8.95. The zero-order valence-corrected chi connectivity index (χ0v) is 32.1. The molecule has 0 saturated carbocycles. The van der Waals surface area contributed by atoms with Gasteiger partial charge in [-0.3, -0.25) is 30.2 Å². The molecule has 0 spiro atoms. The van der Waals surface area contributed by atoms with E-state index in [-0.39, 0.29) is 47.9 Å². The first kappa shape index (κ1) is 41.7. The third kappa shape index (κ3) is 11.9. The van der Waals surface area contributed by atoms with Gasteiger partial charge in [-0.2, -0.15) is 0 Å². The predicted molar refractivity (Wildman–Crippen MR) is 208 cm³/mol. The molecule has 3 N–H and O–H groups in total. The number of aryl methyl sites for hydroxylation is 2. The highest BCUT2D eigenvalue weighted by Gasteiger charge is 2.30. The van der Waals surface area contributed by atoms with Gasteiger partial charge in [-0.15, -0.1) is 47.5 Å². The van der Waals surface area contributed by atoms with Crippen molar-refractivity contribution in [1.29, 1.82) is 0 Å². The van der Waals surface area contributed by atoms with Gasteiger partial charge in [0.25, 0.3) is 11.8 Å². The number of nitrogens with one attached hydrogen (secondary N) is 3. The number of pyridine rings is 2. The summed E-state index contributed by atoms with van der Waals surface area (Å²) in [4.78, 5) is 72.4. The largest absolute Gasteiger partial charge is 0.443 e. The minimum Gasteiger partial charge on any atom is -0.443 e. The number of anilines is 6. The second-order valence-electron chi connectivity index (χ2n) is 11.4. The Labute approximate surface area is 324 Å². The van der Waals surface area contributed by atoms with Gasteiger partial charge in [0, 0.05) is 47.9 Å². The van der Waals surface area contributed by atoms with Crippen molar-refractivity contribution in [2.45, 2.75) is 40.2 Å². The van der Waals surface area contributed by atoms with Gasteiger partial charge in [-0.25, -0.2) is 39.6 Å². The summed E-state index contributed by atoms with van der Waals surface area (Å²) >= 11 is 2.65. The Morgan fingerprint density at radius 3 is 1.79 bits per heavy atom. The van der Waals surface area contributed by atoms with Crippen LogP contribution in [0.3, 0.4) is 0 Å². The van der Waals surface area contributed by atoms with E-state index in [9.17, 15) is 14.4 Å². The Hall–Kier alpha value is -5.69.